The molecule has 0 amide bonds. The number of nitrogens with zero attached hydrogens (tertiary/aromatic N) is 2. The third kappa shape index (κ3) is 2.20. The highest BCUT2D eigenvalue weighted by atomic mass is 16.5. The molecule has 2 N–H and O–H groups in total. The first-order valence-corrected chi connectivity index (χ1v) is 5.36. The number of rotatable bonds is 2. The molecule has 0 aliphatic carbocycles. The standard InChI is InChI=1S/C13H15N3O/c1-8-4-5-9(2)10(6-8)11-7-15-12(14)13(16-11)17-3/h4-7H,1-3H3,(H2,14,15). The number of benzene rings is 1. The highest BCUT2D eigenvalue weighted by Crippen LogP contribution is 2.25. The van der Waals surface area contributed by atoms with E-state index in [2.05, 4.69) is 28.2 Å². The fourth-order valence-corrected chi connectivity index (χ4v) is 1.67. The normalized spacial score (nSPS) is 10.3. The molecule has 1 heterocycles. The van der Waals surface area contributed by atoms with E-state index < -0.39 is 0 Å². The van der Waals surface area contributed by atoms with Gasteiger partial charge in [0.25, 0.3) is 5.88 Å². The van der Waals surface area contributed by atoms with Gasteiger partial charge in [-0.15, -0.1) is 0 Å². The molecule has 0 atom stereocenters. The van der Waals surface area contributed by atoms with Gasteiger partial charge in [0.05, 0.1) is 19.0 Å². The van der Waals surface area contributed by atoms with Crippen LogP contribution in [0.4, 0.5) is 5.82 Å². The Balaban J connectivity index is 2.56. The zero-order chi connectivity index (χ0) is 12.4. The average molecular weight is 229 g/mol. The van der Waals surface area contributed by atoms with Gasteiger partial charge in [0, 0.05) is 5.56 Å². The van der Waals surface area contributed by atoms with Crippen molar-refractivity contribution in [2.75, 3.05) is 12.8 Å². The molecule has 0 aliphatic heterocycles. The Morgan fingerprint density at radius 2 is 2.00 bits per heavy atom. The number of hydrogen-bond acceptors (Lipinski definition) is 4. The lowest BCUT2D eigenvalue weighted by atomic mass is 10.0. The van der Waals surface area contributed by atoms with E-state index in [1.54, 1.807) is 6.20 Å². The lowest BCUT2D eigenvalue weighted by molar-refractivity contribution is 0.399. The van der Waals surface area contributed by atoms with Crippen LogP contribution in [-0.2, 0) is 0 Å². The Hall–Kier alpha value is -2.10. The molecular weight excluding hydrogens is 214 g/mol. The fraction of sp³-hybridized carbons (Fsp3) is 0.231. The van der Waals surface area contributed by atoms with Crippen molar-refractivity contribution in [3.8, 4) is 17.1 Å². The molecule has 0 fully saturated rings. The maximum absolute atomic E-state index is 5.65. The van der Waals surface area contributed by atoms with Crippen LogP contribution in [0.2, 0.25) is 0 Å². The Bertz CT molecular complexity index is 552. The first kappa shape index (κ1) is 11.4. The van der Waals surface area contributed by atoms with Gasteiger partial charge < -0.3 is 10.5 Å². The summed E-state index contributed by atoms with van der Waals surface area (Å²) in [4.78, 5) is 8.44. The molecular formula is C13H15N3O. The van der Waals surface area contributed by atoms with Crippen LogP contribution in [0.1, 0.15) is 11.1 Å². The Labute approximate surface area is 100 Å². The first-order valence-electron chi connectivity index (χ1n) is 5.36. The number of aryl methyl sites for hydroxylation is 2. The van der Waals surface area contributed by atoms with Crippen LogP contribution in [0.15, 0.2) is 24.4 Å². The summed E-state index contributed by atoms with van der Waals surface area (Å²) >= 11 is 0. The first-order chi connectivity index (χ1) is 8.11. The topological polar surface area (TPSA) is 61.0 Å². The van der Waals surface area contributed by atoms with E-state index in [4.69, 9.17) is 10.5 Å². The fourth-order valence-electron chi connectivity index (χ4n) is 1.67. The van der Waals surface area contributed by atoms with Crippen LogP contribution in [0, 0.1) is 13.8 Å². The van der Waals surface area contributed by atoms with Crippen molar-refractivity contribution >= 4 is 5.82 Å². The second-order valence-corrected chi connectivity index (χ2v) is 3.97. The molecule has 1 aromatic heterocycles. The summed E-state index contributed by atoms with van der Waals surface area (Å²) < 4.78 is 5.08. The molecule has 0 saturated carbocycles. The summed E-state index contributed by atoms with van der Waals surface area (Å²) in [6.07, 6.45) is 1.67. The van der Waals surface area contributed by atoms with Crippen molar-refractivity contribution in [1.82, 2.24) is 9.97 Å². The number of anilines is 1. The van der Waals surface area contributed by atoms with Crippen LogP contribution in [0.3, 0.4) is 0 Å². The van der Waals surface area contributed by atoms with Gasteiger partial charge in [-0.2, -0.15) is 0 Å². The molecule has 0 radical (unpaired) electrons. The summed E-state index contributed by atoms with van der Waals surface area (Å²) in [5.41, 5.74) is 9.81. The second-order valence-electron chi connectivity index (χ2n) is 3.97. The minimum absolute atomic E-state index is 0.307. The van der Waals surface area contributed by atoms with Crippen molar-refractivity contribution in [2.24, 2.45) is 0 Å². The predicted molar refractivity (Wildman–Crippen MR) is 67.9 cm³/mol. The highest BCUT2D eigenvalue weighted by Gasteiger charge is 2.08. The zero-order valence-electron chi connectivity index (χ0n) is 10.2. The van der Waals surface area contributed by atoms with E-state index in [0.717, 1.165) is 16.8 Å². The van der Waals surface area contributed by atoms with Gasteiger partial charge in [0.2, 0.25) is 0 Å². The average Bonchev–Trinajstić information content (AvgIpc) is 2.33. The monoisotopic (exact) mass is 229 g/mol. The summed E-state index contributed by atoms with van der Waals surface area (Å²) in [5, 5.41) is 0. The molecule has 88 valence electrons. The molecule has 4 nitrogen and oxygen atoms in total. The number of methoxy groups -OCH3 is 1. The van der Waals surface area contributed by atoms with E-state index in [1.807, 2.05) is 13.8 Å². The third-order valence-corrected chi connectivity index (χ3v) is 2.63. The van der Waals surface area contributed by atoms with Crippen molar-refractivity contribution in [3.63, 3.8) is 0 Å². The van der Waals surface area contributed by atoms with E-state index in [0.29, 0.717) is 11.7 Å². The largest absolute Gasteiger partial charge is 0.478 e. The van der Waals surface area contributed by atoms with Crippen LogP contribution >= 0.6 is 0 Å². The molecule has 0 aliphatic rings. The Kier molecular flexibility index (Phi) is 2.95. The maximum atomic E-state index is 5.65. The Morgan fingerprint density at radius 1 is 1.24 bits per heavy atom. The van der Waals surface area contributed by atoms with Crippen molar-refractivity contribution in [1.29, 1.82) is 0 Å². The van der Waals surface area contributed by atoms with Crippen molar-refractivity contribution in [2.45, 2.75) is 13.8 Å². The number of nitrogens with two attached hydrogens (primary N) is 1. The van der Waals surface area contributed by atoms with Crippen molar-refractivity contribution < 1.29 is 4.74 Å². The molecule has 2 aromatic rings. The molecule has 0 unspecified atom stereocenters. The lowest BCUT2D eigenvalue weighted by Gasteiger charge is -2.08. The lowest BCUT2D eigenvalue weighted by Crippen LogP contribution is -2.00. The number of nitrogen functional groups attached to an aromatic ring is 1. The van der Waals surface area contributed by atoms with Crippen molar-refractivity contribution in [3.05, 3.63) is 35.5 Å². The van der Waals surface area contributed by atoms with Gasteiger partial charge in [-0.1, -0.05) is 17.7 Å². The smallest absolute Gasteiger partial charge is 0.257 e. The Morgan fingerprint density at radius 3 is 2.71 bits per heavy atom. The van der Waals surface area contributed by atoms with Crippen LogP contribution in [0.5, 0.6) is 5.88 Å². The molecule has 2 rings (SSSR count). The maximum Gasteiger partial charge on any atom is 0.257 e. The van der Waals surface area contributed by atoms with Crippen LogP contribution < -0.4 is 10.5 Å². The molecule has 0 spiro atoms. The van der Waals surface area contributed by atoms with Gasteiger partial charge in [0.15, 0.2) is 5.82 Å². The SMILES string of the molecule is COc1nc(-c2cc(C)ccc2C)cnc1N. The van der Waals surface area contributed by atoms with Gasteiger partial charge >= 0.3 is 0 Å². The van der Waals surface area contributed by atoms with E-state index >= 15 is 0 Å². The summed E-state index contributed by atoms with van der Waals surface area (Å²) in [5.74, 6) is 0.671. The molecule has 1 aromatic carbocycles. The van der Waals surface area contributed by atoms with Gasteiger partial charge in [-0.25, -0.2) is 9.97 Å². The van der Waals surface area contributed by atoms with E-state index in [-0.39, 0.29) is 0 Å². The number of ether oxygens (including phenoxy) is 1. The van der Waals surface area contributed by atoms with Crippen LogP contribution in [-0.4, -0.2) is 17.1 Å². The molecule has 4 heteroatoms. The third-order valence-electron chi connectivity index (χ3n) is 2.63. The summed E-state index contributed by atoms with van der Waals surface area (Å²) in [7, 11) is 1.53. The molecule has 0 saturated heterocycles. The van der Waals surface area contributed by atoms with Gasteiger partial charge in [-0.3, -0.25) is 0 Å². The van der Waals surface area contributed by atoms with Crippen LogP contribution in [0.25, 0.3) is 11.3 Å². The minimum atomic E-state index is 0.307. The number of aromatic nitrogens is 2. The van der Waals surface area contributed by atoms with Gasteiger partial charge in [0.1, 0.15) is 0 Å². The molecule has 0 bridgehead atoms. The molecule has 17 heavy (non-hydrogen) atoms. The highest BCUT2D eigenvalue weighted by molar-refractivity contribution is 5.65. The second kappa shape index (κ2) is 4.41. The van der Waals surface area contributed by atoms with E-state index in [1.165, 1.54) is 12.7 Å². The predicted octanol–water partition coefficient (Wildman–Crippen LogP) is 2.35. The summed E-state index contributed by atoms with van der Waals surface area (Å²) in [6, 6.07) is 6.21. The zero-order valence-corrected chi connectivity index (χ0v) is 10.2. The van der Waals surface area contributed by atoms with E-state index in [9.17, 15) is 0 Å². The quantitative estimate of drug-likeness (QED) is 0.858. The number of hydrogen-bond donors (Lipinski definition) is 1. The minimum Gasteiger partial charge on any atom is -0.478 e. The summed E-state index contributed by atoms with van der Waals surface area (Å²) in [6.45, 7) is 4.09. The van der Waals surface area contributed by atoms with Gasteiger partial charge in [-0.05, 0) is 25.5 Å².